The SMILES string of the molecule is CC(=O)N1CCC(NC(=O)c2ccc(-c3ccccc3)cc2)C1. The predicted octanol–water partition coefficient (Wildman–Crippen LogP) is 2.70. The zero-order chi connectivity index (χ0) is 16.2. The van der Waals surface area contributed by atoms with Crippen LogP contribution in [0.4, 0.5) is 0 Å². The Kier molecular flexibility index (Phi) is 4.42. The minimum absolute atomic E-state index is 0.0419. The molecule has 2 aromatic carbocycles. The summed E-state index contributed by atoms with van der Waals surface area (Å²) in [4.78, 5) is 25.4. The predicted molar refractivity (Wildman–Crippen MR) is 90.0 cm³/mol. The molecular formula is C19H20N2O2. The number of likely N-dealkylation sites (tertiary alicyclic amines) is 1. The maximum absolute atomic E-state index is 12.3. The van der Waals surface area contributed by atoms with Crippen LogP contribution in [0.3, 0.4) is 0 Å². The van der Waals surface area contributed by atoms with Crippen LogP contribution >= 0.6 is 0 Å². The third-order valence-electron chi connectivity index (χ3n) is 4.22. The zero-order valence-electron chi connectivity index (χ0n) is 13.2. The summed E-state index contributed by atoms with van der Waals surface area (Å²) in [6.45, 7) is 2.88. The molecule has 3 rings (SSSR count). The smallest absolute Gasteiger partial charge is 0.251 e. The molecule has 0 aromatic heterocycles. The lowest BCUT2D eigenvalue weighted by atomic mass is 10.0. The molecule has 0 aliphatic carbocycles. The van der Waals surface area contributed by atoms with Gasteiger partial charge in [0.2, 0.25) is 5.91 Å². The van der Waals surface area contributed by atoms with Gasteiger partial charge in [-0.05, 0) is 29.7 Å². The van der Waals surface area contributed by atoms with Crippen molar-refractivity contribution in [1.29, 1.82) is 0 Å². The molecule has 1 aliphatic heterocycles. The molecule has 2 aromatic rings. The summed E-state index contributed by atoms with van der Waals surface area (Å²) in [7, 11) is 0. The molecule has 4 nitrogen and oxygen atoms in total. The summed E-state index contributed by atoms with van der Waals surface area (Å²) in [6, 6.07) is 17.7. The molecule has 0 spiro atoms. The molecule has 23 heavy (non-hydrogen) atoms. The minimum Gasteiger partial charge on any atom is -0.347 e. The summed E-state index contributed by atoms with van der Waals surface area (Å²) < 4.78 is 0. The van der Waals surface area contributed by atoms with Gasteiger partial charge in [0.05, 0.1) is 0 Å². The van der Waals surface area contributed by atoms with E-state index >= 15 is 0 Å². The third kappa shape index (κ3) is 3.59. The fourth-order valence-electron chi connectivity index (χ4n) is 2.88. The van der Waals surface area contributed by atoms with Crippen LogP contribution in [0.15, 0.2) is 54.6 Å². The first-order chi connectivity index (χ1) is 11.1. The van der Waals surface area contributed by atoms with Crippen LogP contribution < -0.4 is 5.32 Å². The van der Waals surface area contributed by atoms with Gasteiger partial charge in [0.15, 0.2) is 0 Å². The lowest BCUT2D eigenvalue weighted by Crippen LogP contribution is -2.37. The first-order valence-electron chi connectivity index (χ1n) is 7.85. The first kappa shape index (κ1) is 15.3. The van der Waals surface area contributed by atoms with Crippen molar-refractivity contribution in [3.63, 3.8) is 0 Å². The molecule has 1 unspecified atom stereocenters. The quantitative estimate of drug-likeness (QED) is 0.948. The van der Waals surface area contributed by atoms with Gasteiger partial charge in [0.1, 0.15) is 0 Å². The first-order valence-corrected chi connectivity index (χ1v) is 7.85. The van der Waals surface area contributed by atoms with Crippen LogP contribution in [0.25, 0.3) is 11.1 Å². The van der Waals surface area contributed by atoms with Crippen LogP contribution in [0, 0.1) is 0 Å². The van der Waals surface area contributed by atoms with E-state index in [2.05, 4.69) is 5.32 Å². The maximum Gasteiger partial charge on any atom is 0.251 e. The molecule has 4 heteroatoms. The van der Waals surface area contributed by atoms with Crippen molar-refractivity contribution in [3.05, 3.63) is 60.2 Å². The van der Waals surface area contributed by atoms with E-state index in [0.29, 0.717) is 18.7 Å². The molecule has 1 atom stereocenters. The second kappa shape index (κ2) is 6.65. The summed E-state index contributed by atoms with van der Waals surface area (Å²) >= 11 is 0. The van der Waals surface area contributed by atoms with Crippen molar-refractivity contribution in [1.82, 2.24) is 10.2 Å². The Balaban J connectivity index is 1.63. The van der Waals surface area contributed by atoms with Crippen LogP contribution in [0.5, 0.6) is 0 Å². The van der Waals surface area contributed by atoms with Crippen molar-refractivity contribution < 1.29 is 9.59 Å². The van der Waals surface area contributed by atoms with E-state index in [9.17, 15) is 9.59 Å². The van der Waals surface area contributed by atoms with Gasteiger partial charge in [0.25, 0.3) is 5.91 Å². The molecule has 118 valence electrons. The number of carbonyl (C=O) groups is 2. The monoisotopic (exact) mass is 308 g/mol. The van der Waals surface area contributed by atoms with Gasteiger partial charge >= 0.3 is 0 Å². The highest BCUT2D eigenvalue weighted by molar-refractivity contribution is 5.95. The average molecular weight is 308 g/mol. The Morgan fingerprint density at radius 2 is 1.65 bits per heavy atom. The van der Waals surface area contributed by atoms with Gasteiger partial charge in [-0.2, -0.15) is 0 Å². The van der Waals surface area contributed by atoms with Gasteiger partial charge in [-0.3, -0.25) is 9.59 Å². The van der Waals surface area contributed by atoms with Crippen molar-refractivity contribution in [2.24, 2.45) is 0 Å². The van der Waals surface area contributed by atoms with Crippen LogP contribution in [-0.2, 0) is 4.79 Å². The summed E-state index contributed by atoms with van der Waals surface area (Å²) in [5.41, 5.74) is 2.86. The lowest BCUT2D eigenvalue weighted by molar-refractivity contribution is -0.127. The molecular weight excluding hydrogens is 288 g/mol. The molecule has 1 aliphatic rings. The molecule has 1 heterocycles. The topological polar surface area (TPSA) is 49.4 Å². The summed E-state index contributed by atoms with van der Waals surface area (Å²) in [6.07, 6.45) is 0.813. The highest BCUT2D eigenvalue weighted by Gasteiger charge is 2.25. The van der Waals surface area contributed by atoms with Gasteiger partial charge in [-0.1, -0.05) is 42.5 Å². The number of amides is 2. The fraction of sp³-hybridized carbons (Fsp3) is 0.263. The number of carbonyl (C=O) groups excluding carboxylic acids is 2. The number of hydrogen-bond donors (Lipinski definition) is 1. The minimum atomic E-state index is -0.0833. The Morgan fingerprint density at radius 1 is 1.00 bits per heavy atom. The van der Waals surface area contributed by atoms with Gasteiger partial charge in [-0.15, -0.1) is 0 Å². The number of hydrogen-bond acceptors (Lipinski definition) is 2. The summed E-state index contributed by atoms with van der Waals surface area (Å²) in [5.74, 6) is -0.0195. The maximum atomic E-state index is 12.3. The standard InChI is InChI=1S/C19H20N2O2/c1-14(22)21-12-11-18(13-21)20-19(23)17-9-7-16(8-10-17)15-5-3-2-4-6-15/h2-10,18H,11-13H2,1H3,(H,20,23). The van der Waals surface area contributed by atoms with Crippen LogP contribution in [-0.4, -0.2) is 35.8 Å². The molecule has 0 saturated carbocycles. The van der Waals surface area contributed by atoms with E-state index in [1.165, 1.54) is 0 Å². The molecule has 1 fully saturated rings. The number of nitrogens with zero attached hydrogens (tertiary/aromatic N) is 1. The van der Waals surface area contributed by atoms with E-state index in [1.54, 1.807) is 11.8 Å². The van der Waals surface area contributed by atoms with Crippen molar-refractivity contribution in [3.8, 4) is 11.1 Å². The van der Waals surface area contributed by atoms with Gasteiger partial charge < -0.3 is 10.2 Å². The number of benzene rings is 2. The van der Waals surface area contributed by atoms with Crippen molar-refractivity contribution >= 4 is 11.8 Å². The third-order valence-corrected chi connectivity index (χ3v) is 4.22. The Morgan fingerprint density at radius 3 is 2.26 bits per heavy atom. The van der Waals surface area contributed by atoms with E-state index in [4.69, 9.17) is 0 Å². The number of nitrogens with one attached hydrogen (secondary N) is 1. The lowest BCUT2D eigenvalue weighted by Gasteiger charge is -2.15. The summed E-state index contributed by atoms with van der Waals surface area (Å²) in [5, 5.41) is 3.01. The molecule has 1 N–H and O–H groups in total. The normalized spacial score (nSPS) is 17.1. The highest BCUT2D eigenvalue weighted by Crippen LogP contribution is 2.19. The van der Waals surface area contributed by atoms with Crippen LogP contribution in [0.1, 0.15) is 23.7 Å². The van der Waals surface area contributed by atoms with E-state index < -0.39 is 0 Å². The van der Waals surface area contributed by atoms with Gasteiger partial charge in [0, 0.05) is 31.6 Å². The van der Waals surface area contributed by atoms with Crippen molar-refractivity contribution in [2.45, 2.75) is 19.4 Å². The van der Waals surface area contributed by atoms with Crippen molar-refractivity contribution in [2.75, 3.05) is 13.1 Å². The zero-order valence-corrected chi connectivity index (χ0v) is 13.2. The highest BCUT2D eigenvalue weighted by atomic mass is 16.2. The van der Waals surface area contributed by atoms with E-state index in [-0.39, 0.29) is 17.9 Å². The largest absolute Gasteiger partial charge is 0.347 e. The fourth-order valence-corrected chi connectivity index (χ4v) is 2.88. The van der Waals surface area contributed by atoms with E-state index in [0.717, 1.165) is 17.5 Å². The Labute approximate surface area is 136 Å². The second-order valence-electron chi connectivity index (χ2n) is 5.87. The number of rotatable bonds is 3. The Bertz CT molecular complexity index is 695. The average Bonchev–Trinajstić information content (AvgIpc) is 3.04. The van der Waals surface area contributed by atoms with Crippen LogP contribution in [0.2, 0.25) is 0 Å². The molecule has 0 bridgehead atoms. The second-order valence-corrected chi connectivity index (χ2v) is 5.87. The molecule has 0 radical (unpaired) electrons. The van der Waals surface area contributed by atoms with Gasteiger partial charge in [-0.25, -0.2) is 0 Å². The van der Waals surface area contributed by atoms with E-state index in [1.807, 2.05) is 54.6 Å². The molecule has 1 saturated heterocycles. The molecule has 2 amide bonds. The Hall–Kier alpha value is -2.62.